The fourth-order valence-corrected chi connectivity index (χ4v) is 2.82. The minimum Gasteiger partial charge on any atom is -0.317 e. The molecule has 0 saturated carbocycles. The molecular weight excluding hydrogens is 298 g/mol. The zero-order valence-electron chi connectivity index (χ0n) is 12.2. The van der Waals surface area contributed by atoms with Gasteiger partial charge in [0.25, 0.3) is 5.91 Å². The number of rotatable bonds is 2. The monoisotopic (exact) mass is 313 g/mol. The van der Waals surface area contributed by atoms with E-state index >= 15 is 0 Å². The zero-order chi connectivity index (χ0) is 15.9. The lowest BCUT2D eigenvalue weighted by Crippen LogP contribution is -2.30. The van der Waals surface area contributed by atoms with E-state index in [9.17, 15) is 4.79 Å². The van der Waals surface area contributed by atoms with Gasteiger partial charge in [0, 0.05) is 18.4 Å². The van der Waals surface area contributed by atoms with E-state index in [1.807, 2.05) is 48.9 Å². The number of aryl methyl sites for hydroxylation is 2. The van der Waals surface area contributed by atoms with Crippen molar-refractivity contribution in [3.8, 4) is 5.69 Å². The van der Waals surface area contributed by atoms with Crippen LogP contribution in [0, 0.1) is 11.7 Å². The first-order valence-corrected chi connectivity index (χ1v) is 7.11. The number of imidazole rings is 1. The first kappa shape index (κ1) is 14.4. The molecule has 0 fully saturated rings. The van der Waals surface area contributed by atoms with E-state index in [0.29, 0.717) is 21.5 Å². The van der Waals surface area contributed by atoms with Crippen molar-refractivity contribution in [1.82, 2.24) is 19.5 Å². The van der Waals surface area contributed by atoms with Crippen LogP contribution >= 0.6 is 12.2 Å². The molecule has 2 heterocycles. The van der Waals surface area contributed by atoms with Crippen LogP contribution in [0.4, 0.5) is 0 Å². The standard InChI is InChI=1S/C15H15N5OS/c1-9-8-11(14(21)18-16)12-13(17-9)20(15(22)19(12)2)10-6-4-3-5-7-10/h3-8H,16H2,1-2H3,(H,18,21). The second-order valence-corrected chi connectivity index (χ2v) is 5.33. The summed E-state index contributed by atoms with van der Waals surface area (Å²) in [7, 11) is 1.81. The maximum atomic E-state index is 12.1. The van der Waals surface area contributed by atoms with Crippen LogP contribution in [-0.2, 0) is 7.05 Å². The van der Waals surface area contributed by atoms with Crippen LogP contribution in [0.3, 0.4) is 0 Å². The molecule has 112 valence electrons. The predicted molar refractivity (Wildman–Crippen MR) is 87.3 cm³/mol. The summed E-state index contributed by atoms with van der Waals surface area (Å²) in [5.41, 5.74) is 5.53. The van der Waals surface area contributed by atoms with Crippen molar-refractivity contribution in [3.63, 3.8) is 0 Å². The van der Waals surface area contributed by atoms with Crippen LogP contribution in [-0.4, -0.2) is 20.0 Å². The number of nitrogens with two attached hydrogens (primary N) is 1. The maximum Gasteiger partial charge on any atom is 0.267 e. The van der Waals surface area contributed by atoms with Gasteiger partial charge in [0.05, 0.1) is 11.1 Å². The number of hydrogen-bond acceptors (Lipinski definition) is 4. The Kier molecular flexibility index (Phi) is 3.51. The number of carbonyl (C=O) groups excluding carboxylic acids is 1. The van der Waals surface area contributed by atoms with E-state index in [2.05, 4.69) is 10.4 Å². The summed E-state index contributed by atoms with van der Waals surface area (Å²) in [6.45, 7) is 1.83. The topological polar surface area (TPSA) is 77.9 Å². The van der Waals surface area contributed by atoms with E-state index in [1.54, 1.807) is 10.6 Å². The van der Waals surface area contributed by atoms with Gasteiger partial charge in [-0.25, -0.2) is 10.8 Å². The highest BCUT2D eigenvalue weighted by atomic mass is 32.1. The molecule has 0 spiro atoms. The van der Waals surface area contributed by atoms with E-state index in [4.69, 9.17) is 18.1 Å². The maximum absolute atomic E-state index is 12.1. The van der Waals surface area contributed by atoms with Gasteiger partial charge in [-0.05, 0) is 37.3 Å². The molecule has 0 aliphatic rings. The predicted octanol–water partition coefficient (Wildman–Crippen LogP) is 2.01. The molecule has 0 radical (unpaired) electrons. The van der Waals surface area contributed by atoms with E-state index in [0.717, 1.165) is 11.4 Å². The smallest absolute Gasteiger partial charge is 0.267 e. The van der Waals surface area contributed by atoms with Gasteiger partial charge in [0.15, 0.2) is 10.4 Å². The zero-order valence-corrected chi connectivity index (χ0v) is 13.0. The van der Waals surface area contributed by atoms with Crippen molar-refractivity contribution >= 4 is 29.3 Å². The summed E-state index contributed by atoms with van der Waals surface area (Å²) in [5, 5.41) is 0. The third-order valence-electron chi connectivity index (χ3n) is 3.52. The lowest BCUT2D eigenvalue weighted by Gasteiger charge is -2.06. The third-order valence-corrected chi connectivity index (χ3v) is 3.97. The van der Waals surface area contributed by atoms with E-state index < -0.39 is 0 Å². The highest BCUT2D eigenvalue weighted by molar-refractivity contribution is 7.71. The van der Waals surface area contributed by atoms with Crippen molar-refractivity contribution in [2.45, 2.75) is 6.92 Å². The molecule has 0 bridgehead atoms. The first-order valence-electron chi connectivity index (χ1n) is 6.70. The summed E-state index contributed by atoms with van der Waals surface area (Å²) in [6, 6.07) is 11.4. The number of hydrogen-bond donors (Lipinski definition) is 2. The summed E-state index contributed by atoms with van der Waals surface area (Å²) in [4.78, 5) is 16.6. The first-order chi connectivity index (χ1) is 10.5. The summed E-state index contributed by atoms with van der Waals surface area (Å²) >= 11 is 5.52. The number of carbonyl (C=O) groups is 1. The molecule has 0 aliphatic heterocycles. The van der Waals surface area contributed by atoms with Gasteiger partial charge in [-0.15, -0.1) is 0 Å². The number of para-hydroxylation sites is 1. The SMILES string of the molecule is Cc1cc(C(=O)NN)c2c(n1)n(-c1ccccc1)c(=S)n2C. The number of benzene rings is 1. The van der Waals surface area contributed by atoms with Crippen molar-refractivity contribution in [3.05, 3.63) is 52.4 Å². The molecule has 7 heteroatoms. The minimum absolute atomic E-state index is 0.369. The van der Waals surface area contributed by atoms with Crippen molar-refractivity contribution in [2.75, 3.05) is 0 Å². The lowest BCUT2D eigenvalue weighted by molar-refractivity contribution is 0.0955. The largest absolute Gasteiger partial charge is 0.317 e. The molecule has 6 nitrogen and oxygen atoms in total. The Labute approximate surface area is 132 Å². The van der Waals surface area contributed by atoms with Crippen LogP contribution < -0.4 is 11.3 Å². The number of aromatic nitrogens is 3. The Hall–Kier alpha value is -2.51. The van der Waals surface area contributed by atoms with Crippen molar-refractivity contribution in [1.29, 1.82) is 0 Å². The molecule has 2 aromatic heterocycles. The molecule has 0 atom stereocenters. The van der Waals surface area contributed by atoms with Crippen LogP contribution in [0.25, 0.3) is 16.9 Å². The number of nitrogens with one attached hydrogen (secondary N) is 1. The molecule has 3 aromatic rings. The fourth-order valence-electron chi connectivity index (χ4n) is 2.53. The molecule has 3 rings (SSSR count). The summed E-state index contributed by atoms with van der Waals surface area (Å²) in [5.74, 6) is 4.92. The Bertz CT molecular complexity index is 926. The molecule has 22 heavy (non-hydrogen) atoms. The van der Waals surface area contributed by atoms with Gasteiger partial charge in [-0.2, -0.15) is 0 Å². The molecule has 3 N–H and O–H groups in total. The quantitative estimate of drug-likeness (QED) is 0.328. The average Bonchev–Trinajstić information content (AvgIpc) is 2.78. The summed E-state index contributed by atoms with van der Waals surface area (Å²) in [6.07, 6.45) is 0. The molecule has 0 aliphatic carbocycles. The van der Waals surface area contributed by atoms with Crippen molar-refractivity contribution in [2.24, 2.45) is 12.9 Å². The van der Waals surface area contributed by atoms with Crippen LogP contribution in [0.15, 0.2) is 36.4 Å². The van der Waals surface area contributed by atoms with Crippen LogP contribution in [0.1, 0.15) is 16.1 Å². The third kappa shape index (κ3) is 2.11. The number of nitrogens with zero attached hydrogens (tertiary/aromatic N) is 3. The Morgan fingerprint density at radius 2 is 2.00 bits per heavy atom. The highest BCUT2D eigenvalue weighted by Gasteiger charge is 2.19. The van der Waals surface area contributed by atoms with Gasteiger partial charge in [-0.3, -0.25) is 14.8 Å². The second-order valence-electron chi connectivity index (χ2n) is 4.97. The number of nitrogen functional groups attached to an aromatic ring is 1. The fraction of sp³-hybridized carbons (Fsp3) is 0.133. The average molecular weight is 313 g/mol. The molecule has 0 unspecified atom stereocenters. The minimum atomic E-state index is -0.369. The van der Waals surface area contributed by atoms with Gasteiger partial charge in [-0.1, -0.05) is 18.2 Å². The van der Waals surface area contributed by atoms with Crippen LogP contribution in [0.5, 0.6) is 0 Å². The van der Waals surface area contributed by atoms with Gasteiger partial charge < -0.3 is 4.57 Å². The highest BCUT2D eigenvalue weighted by Crippen LogP contribution is 2.24. The van der Waals surface area contributed by atoms with E-state index in [1.165, 1.54) is 0 Å². The van der Waals surface area contributed by atoms with E-state index in [-0.39, 0.29) is 5.91 Å². The Morgan fingerprint density at radius 3 is 2.64 bits per heavy atom. The number of hydrazine groups is 1. The van der Waals surface area contributed by atoms with Gasteiger partial charge in [0.2, 0.25) is 0 Å². The van der Waals surface area contributed by atoms with Gasteiger partial charge in [0.1, 0.15) is 0 Å². The molecular formula is C15H15N5OS. The number of fused-ring (bicyclic) bond motifs is 1. The molecule has 0 saturated heterocycles. The van der Waals surface area contributed by atoms with Crippen LogP contribution in [0.2, 0.25) is 0 Å². The molecule has 1 amide bonds. The van der Waals surface area contributed by atoms with Gasteiger partial charge >= 0.3 is 0 Å². The summed E-state index contributed by atoms with van der Waals surface area (Å²) < 4.78 is 4.19. The Balaban J connectivity index is 2.47. The second kappa shape index (κ2) is 5.36. The van der Waals surface area contributed by atoms with Crippen molar-refractivity contribution < 1.29 is 4.79 Å². The lowest BCUT2D eigenvalue weighted by atomic mass is 10.2. The number of pyridine rings is 1. The normalized spacial score (nSPS) is 10.9. The number of amides is 1. The Morgan fingerprint density at radius 1 is 1.32 bits per heavy atom. The molecule has 1 aromatic carbocycles.